The second-order valence-electron chi connectivity index (χ2n) is 4.55. The lowest BCUT2D eigenvalue weighted by molar-refractivity contribution is 0.0995. The van der Waals surface area contributed by atoms with Gasteiger partial charge in [0.15, 0.2) is 5.78 Å². The van der Waals surface area contributed by atoms with Gasteiger partial charge in [0, 0.05) is 5.56 Å². The van der Waals surface area contributed by atoms with Gasteiger partial charge in [-0.05, 0) is 11.0 Å². The molecule has 1 rings (SSSR count). The Labute approximate surface area is 90.5 Å². The monoisotopic (exact) mass is 201 g/mol. The molecule has 0 saturated heterocycles. The summed E-state index contributed by atoms with van der Waals surface area (Å²) in [5, 5.41) is 8.52. The Bertz CT molecular complexity index is 407. The van der Waals surface area contributed by atoms with Crippen LogP contribution < -0.4 is 0 Å². The van der Waals surface area contributed by atoms with Crippen molar-refractivity contribution in [2.24, 2.45) is 0 Å². The summed E-state index contributed by atoms with van der Waals surface area (Å²) in [6.45, 7) is 6.18. The second kappa shape index (κ2) is 4.27. The number of hydrogen-bond acceptors (Lipinski definition) is 2. The van der Waals surface area contributed by atoms with Crippen molar-refractivity contribution < 1.29 is 4.79 Å². The second-order valence-corrected chi connectivity index (χ2v) is 4.55. The minimum atomic E-state index is -0.0944. The zero-order chi connectivity index (χ0) is 11.5. The summed E-state index contributed by atoms with van der Waals surface area (Å²) >= 11 is 0. The molecule has 0 atom stereocenters. The third kappa shape index (κ3) is 2.66. The van der Waals surface area contributed by atoms with Crippen LogP contribution in [0.5, 0.6) is 0 Å². The van der Waals surface area contributed by atoms with Gasteiger partial charge < -0.3 is 0 Å². The number of ketones is 1. The average molecular weight is 201 g/mol. The van der Waals surface area contributed by atoms with E-state index in [1.54, 1.807) is 6.07 Å². The van der Waals surface area contributed by atoms with E-state index in [0.29, 0.717) is 5.56 Å². The molecule has 0 bridgehead atoms. The molecule has 1 aromatic rings. The van der Waals surface area contributed by atoms with Crippen molar-refractivity contribution in [3.05, 3.63) is 35.4 Å². The summed E-state index contributed by atoms with van der Waals surface area (Å²) in [6.07, 6.45) is -0.0485. The number of benzene rings is 1. The molecule has 0 aromatic heterocycles. The van der Waals surface area contributed by atoms with Crippen molar-refractivity contribution in [2.75, 3.05) is 0 Å². The van der Waals surface area contributed by atoms with Gasteiger partial charge in [0.1, 0.15) is 0 Å². The Morgan fingerprint density at radius 1 is 1.33 bits per heavy atom. The molecule has 0 N–H and O–H groups in total. The standard InChI is InChI=1S/C13H15NO/c1-13(2,3)11-7-5-4-6-10(11)12(15)8-9-14/h4-7H,8H2,1-3H3. The van der Waals surface area contributed by atoms with Crippen molar-refractivity contribution in [2.45, 2.75) is 32.6 Å². The van der Waals surface area contributed by atoms with Crippen LogP contribution in [0.4, 0.5) is 0 Å². The summed E-state index contributed by atoms with van der Waals surface area (Å²) in [4.78, 5) is 11.7. The molecule has 0 radical (unpaired) electrons. The number of nitrogens with zero attached hydrogens (tertiary/aromatic N) is 1. The molecule has 0 spiro atoms. The summed E-state index contributed by atoms with van der Waals surface area (Å²) in [5.74, 6) is -0.0944. The number of nitriles is 1. The Balaban J connectivity index is 3.20. The van der Waals surface area contributed by atoms with E-state index in [0.717, 1.165) is 5.56 Å². The van der Waals surface area contributed by atoms with Crippen molar-refractivity contribution in [3.8, 4) is 6.07 Å². The van der Waals surface area contributed by atoms with Crippen LogP contribution in [0.1, 0.15) is 43.1 Å². The molecule has 78 valence electrons. The first-order chi connectivity index (χ1) is 6.96. The van der Waals surface area contributed by atoms with Crippen LogP contribution in [-0.4, -0.2) is 5.78 Å². The number of rotatable bonds is 2. The lowest BCUT2D eigenvalue weighted by atomic mass is 9.82. The highest BCUT2D eigenvalue weighted by Gasteiger charge is 2.20. The third-order valence-electron chi connectivity index (χ3n) is 2.28. The molecule has 2 nitrogen and oxygen atoms in total. The minimum Gasteiger partial charge on any atom is -0.293 e. The maximum Gasteiger partial charge on any atom is 0.177 e. The van der Waals surface area contributed by atoms with E-state index in [4.69, 9.17) is 5.26 Å². The van der Waals surface area contributed by atoms with E-state index in [9.17, 15) is 4.79 Å². The maximum absolute atomic E-state index is 11.7. The van der Waals surface area contributed by atoms with Gasteiger partial charge >= 0.3 is 0 Å². The third-order valence-corrected chi connectivity index (χ3v) is 2.28. The number of Topliss-reactive ketones (excluding diaryl/α,β-unsaturated/α-hetero) is 1. The van der Waals surface area contributed by atoms with E-state index in [1.807, 2.05) is 24.3 Å². The van der Waals surface area contributed by atoms with E-state index in [1.165, 1.54) is 0 Å². The smallest absolute Gasteiger partial charge is 0.177 e. The largest absolute Gasteiger partial charge is 0.293 e. The van der Waals surface area contributed by atoms with Crippen LogP contribution in [0, 0.1) is 11.3 Å². The molecule has 15 heavy (non-hydrogen) atoms. The Hall–Kier alpha value is -1.62. The van der Waals surface area contributed by atoms with E-state index < -0.39 is 0 Å². The van der Waals surface area contributed by atoms with Gasteiger partial charge in [-0.1, -0.05) is 45.0 Å². The topological polar surface area (TPSA) is 40.9 Å². The molecule has 0 unspecified atom stereocenters. The lowest BCUT2D eigenvalue weighted by Gasteiger charge is -2.21. The Morgan fingerprint density at radius 2 is 1.93 bits per heavy atom. The van der Waals surface area contributed by atoms with Crippen molar-refractivity contribution in [3.63, 3.8) is 0 Å². The molecular formula is C13H15NO. The number of carbonyl (C=O) groups excluding carboxylic acids is 1. The minimum absolute atomic E-state index is 0.0485. The fraction of sp³-hybridized carbons (Fsp3) is 0.385. The van der Waals surface area contributed by atoms with E-state index in [2.05, 4.69) is 20.8 Å². The lowest BCUT2D eigenvalue weighted by Crippen LogP contribution is -2.16. The van der Waals surface area contributed by atoms with Gasteiger partial charge in [0.25, 0.3) is 0 Å². The zero-order valence-corrected chi connectivity index (χ0v) is 9.37. The van der Waals surface area contributed by atoms with Gasteiger partial charge in [0.2, 0.25) is 0 Å². The summed E-state index contributed by atoms with van der Waals surface area (Å²) in [7, 11) is 0. The first-order valence-electron chi connectivity index (χ1n) is 4.96. The summed E-state index contributed by atoms with van der Waals surface area (Å²) in [6, 6.07) is 9.39. The van der Waals surface area contributed by atoms with Gasteiger partial charge in [-0.3, -0.25) is 4.79 Å². The molecule has 0 saturated carbocycles. The average Bonchev–Trinajstić information content (AvgIpc) is 2.17. The van der Waals surface area contributed by atoms with Crippen molar-refractivity contribution in [1.29, 1.82) is 5.26 Å². The normalized spacial score (nSPS) is 10.8. The van der Waals surface area contributed by atoms with Gasteiger partial charge in [-0.2, -0.15) is 5.26 Å². The highest BCUT2D eigenvalue weighted by molar-refractivity contribution is 5.99. The Kier molecular flexibility index (Phi) is 3.26. The molecule has 0 fully saturated rings. The van der Waals surface area contributed by atoms with Crippen LogP contribution >= 0.6 is 0 Å². The fourth-order valence-corrected chi connectivity index (χ4v) is 1.55. The van der Waals surface area contributed by atoms with Crippen LogP contribution in [0.15, 0.2) is 24.3 Å². The first-order valence-corrected chi connectivity index (χ1v) is 4.96. The van der Waals surface area contributed by atoms with Gasteiger partial charge in [0.05, 0.1) is 12.5 Å². The van der Waals surface area contributed by atoms with Crippen LogP contribution in [0.2, 0.25) is 0 Å². The van der Waals surface area contributed by atoms with E-state index >= 15 is 0 Å². The number of hydrogen-bond donors (Lipinski definition) is 0. The predicted octanol–water partition coefficient (Wildman–Crippen LogP) is 3.08. The molecule has 2 heteroatoms. The zero-order valence-electron chi connectivity index (χ0n) is 9.37. The van der Waals surface area contributed by atoms with Crippen LogP contribution in [-0.2, 0) is 5.41 Å². The fourth-order valence-electron chi connectivity index (χ4n) is 1.55. The first kappa shape index (κ1) is 11.5. The van der Waals surface area contributed by atoms with Gasteiger partial charge in [-0.15, -0.1) is 0 Å². The quantitative estimate of drug-likeness (QED) is 0.690. The molecule has 0 aliphatic rings. The van der Waals surface area contributed by atoms with Crippen molar-refractivity contribution >= 4 is 5.78 Å². The van der Waals surface area contributed by atoms with Crippen molar-refractivity contribution in [1.82, 2.24) is 0 Å². The predicted molar refractivity (Wildman–Crippen MR) is 59.7 cm³/mol. The molecule has 0 aliphatic heterocycles. The molecule has 0 aliphatic carbocycles. The molecular weight excluding hydrogens is 186 g/mol. The maximum atomic E-state index is 11.7. The SMILES string of the molecule is CC(C)(C)c1ccccc1C(=O)CC#N. The van der Waals surface area contributed by atoms with E-state index in [-0.39, 0.29) is 17.6 Å². The Morgan fingerprint density at radius 3 is 2.47 bits per heavy atom. The van der Waals surface area contributed by atoms with Gasteiger partial charge in [-0.25, -0.2) is 0 Å². The van der Waals surface area contributed by atoms with Crippen LogP contribution in [0.25, 0.3) is 0 Å². The number of carbonyl (C=O) groups is 1. The summed E-state index contributed by atoms with van der Waals surface area (Å²) < 4.78 is 0. The molecule has 0 heterocycles. The highest BCUT2D eigenvalue weighted by Crippen LogP contribution is 2.26. The van der Waals surface area contributed by atoms with Crippen LogP contribution in [0.3, 0.4) is 0 Å². The molecule has 0 amide bonds. The summed E-state index contributed by atoms with van der Waals surface area (Å²) in [5.41, 5.74) is 1.61. The highest BCUT2D eigenvalue weighted by atomic mass is 16.1. The molecule has 1 aromatic carbocycles.